The van der Waals surface area contributed by atoms with Crippen LogP contribution in [0.5, 0.6) is 5.75 Å². The van der Waals surface area contributed by atoms with Gasteiger partial charge in [0, 0.05) is 16.5 Å². The summed E-state index contributed by atoms with van der Waals surface area (Å²) in [6.07, 6.45) is 5.16. The first kappa shape index (κ1) is 18.9. The van der Waals surface area contributed by atoms with Crippen LogP contribution in [0, 0.1) is 13.8 Å². The predicted octanol–water partition coefficient (Wildman–Crippen LogP) is 4.51. The van der Waals surface area contributed by atoms with Gasteiger partial charge in [-0.1, -0.05) is 24.3 Å². The van der Waals surface area contributed by atoms with Crippen LogP contribution < -0.4 is 10.1 Å². The van der Waals surface area contributed by atoms with Crippen LogP contribution in [-0.2, 0) is 9.53 Å². The molecule has 6 heteroatoms. The quantitative estimate of drug-likeness (QED) is 0.609. The molecule has 0 atom stereocenters. The number of carbonyl (C=O) groups is 2. The fourth-order valence-electron chi connectivity index (χ4n) is 2.73. The van der Waals surface area contributed by atoms with Crippen LogP contribution in [0.1, 0.15) is 33.3 Å². The lowest BCUT2D eigenvalue weighted by atomic mass is 10.1. The van der Waals surface area contributed by atoms with E-state index in [1.807, 2.05) is 44.2 Å². The highest BCUT2D eigenvalue weighted by molar-refractivity contribution is 7.16. The highest BCUT2D eigenvalue weighted by atomic mass is 32.1. The summed E-state index contributed by atoms with van der Waals surface area (Å²) in [5.74, 6) is 0.114. The van der Waals surface area contributed by atoms with Gasteiger partial charge in [-0.05, 0) is 44.1 Å². The lowest BCUT2D eigenvalue weighted by molar-refractivity contribution is -0.111. The Balaban J connectivity index is 1.74. The summed E-state index contributed by atoms with van der Waals surface area (Å²) < 4.78 is 10.8. The van der Waals surface area contributed by atoms with Gasteiger partial charge in [-0.2, -0.15) is 0 Å². The van der Waals surface area contributed by atoms with E-state index in [1.54, 1.807) is 13.0 Å². The van der Waals surface area contributed by atoms with E-state index in [2.05, 4.69) is 5.32 Å². The lowest BCUT2D eigenvalue weighted by Gasteiger charge is -2.15. The van der Waals surface area contributed by atoms with E-state index in [9.17, 15) is 9.59 Å². The first-order chi connectivity index (χ1) is 13.0. The number of benzene rings is 1. The summed E-state index contributed by atoms with van der Waals surface area (Å²) in [6.45, 7) is 6.22. The average molecular weight is 383 g/mol. The minimum atomic E-state index is -0.418. The molecule has 1 aliphatic heterocycles. The Kier molecular flexibility index (Phi) is 5.76. The molecule has 0 saturated carbocycles. The number of thiophene rings is 1. The molecule has 3 rings (SSSR count). The van der Waals surface area contributed by atoms with Gasteiger partial charge >= 0.3 is 5.97 Å². The minimum Gasteiger partial charge on any atom is -0.488 e. The Morgan fingerprint density at radius 1 is 1.30 bits per heavy atom. The monoisotopic (exact) mass is 383 g/mol. The number of rotatable bonds is 5. The second kappa shape index (κ2) is 8.22. The van der Waals surface area contributed by atoms with Gasteiger partial charge in [-0.3, -0.25) is 4.79 Å². The van der Waals surface area contributed by atoms with Crippen molar-refractivity contribution in [1.82, 2.24) is 0 Å². The molecule has 27 heavy (non-hydrogen) atoms. The summed E-state index contributed by atoms with van der Waals surface area (Å²) in [4.78, 5) is 25.5. The molecule has 1 N–H and O–H groups in total. The molecule has 1 aromatic heterocycles. The normalized spacial score (nSPS) is 12.9. The first-order valence-electron chi connectivity index (χ1n) is 8.68. The van der Waals surface area contributed by atoms with Crippen molar-refractivity contribution in [2.45, 2.75) is 20.8 Å². The first-order valence-corrected chi connectivity index (χ1v) is 9.49. The van der Waals surface area contributed by atoms with E-state index in [-0.39, 0.29) is 12.5 Å². The number of aryl methyl sites for hydroxylation is 1. The summed E-state index contributed by atoms with van der Waals surface area (Å²) >= 11 is 1.37. The number of nitrogens with one attached hydrogen (secondary N) is 1. The molecule has 1 aliphatic rings. The van der Waals surface area contributed by atoms with Gasteiger partial charge in [0.05, 0.1) is 12.2 Å². The lowest BCUT2D eigenvalue weighted by Crippen LogP contribution is -2.13. The van der Waals surface area contributed by atoms with Gasteiger partial charge in [-0.15, -0.1) is 11.3 Å². The largest absolute Gasteiger partial charge is 0.488 e. The van der Waals surface area contributed by atoms with Crippen LogP contribution in [0.15, 0.2) is 42.0 Å². The molecule has 1 aromatic carbocycles. The van der Waals surface area contributed by atoms with Gasteiger partial charge in [0.1, 0.15) is 17.4 Å². The molecule has 140 valence electrons. The van der Waals surface area contributed by atoms with Crippen molar-refractivity contribution >= 4 is 34.3 Å². The molecule has 0 fully saturated rings. The van der Waals surface area contributed by atoms with Crippen LogP contribution in [0.25, 0.3) is 6.08 Å². The fourth-order valence-corrected chi connectivity index (χ4v) is 3.78. The van der Waals surface area contributed by atoms with Gasteiger partial charge in [0.25, 0.3) is 0 Å². The zero-order valence-corrected chi connectivity index (χ0v) is 16.3. The topological polar surface area (TPSA) is 64.6 Å². The average Bonchev–Trinajstić information content (AvgIpc) is 2.93. The number of para-hydroxylation sites is 1. The maximum absolute atomic E-state index is 12.3. The number of hydrogen-bond acceptors (Lipinski definition) is 5. The molecule has 2 heterocycles. The van der Waals surface area contributed by atoms with E-state index in [0.717, 1.165) is 27.3 Å². The van der Waals surface area contributed by atoms with Crippen LogP contribution in [-0.4, -0.2) is 25.1 Å². The van der Waals surface area contributed by atoms with Crippen molar-refractivity contribution in [2.75, 3.05) is 18.5 Å². The Labute approximate surface area is 162 Å². The summed E-state index contributed by atoms with van der Waals surface area (Å²) in [5.41, 5.74) is 3.14. The number of esters is 1. The Hall–Kier alpha value is -2.86. The third-order valence-electron chi connectivity index (χ3n) is 4.20. The molecule has 1 amide bonds. The van der Waals surface area contributed by atoms with E-state index in [0.29, 0.717) is 17.2 Å². The summed E-state index contributed by atoms with van der Waals surface area (Å²) in [7, 11) is 0. The van der Waals surface area contributed by atoms with Gasteiger partial charge in [0.15, 0.2) is 0 Å². The number of ether oxygens (including phenoxy) is 2. The molecule has 0 radical (unpaired) electrons. The van der Waals surface area contributed by atoms with Crippen molar-refractivity contribution in [2.24, 2.45) is 0 Å². The summed E-state index contributed by atoms with van der Waals surface area (Å²) in [6, 6.07) is 7.74. The number of carbonyl (C=O) groups excluding carboxylic acids is 2. The van der Waals surface area contributed by atoms with Crippen LogP contribution in [0.3, 0.4) is 0 Å². The Morgan fingerprint density at radius 3 is 2.85 bits per heavy atom. The van der Waals surface area contributed by atoms with Crippen molar-refractivity contribution in [3.05, 3.63) is 63.6 Å². The zero-order chi connectivity index (χ0) is 19.4. The second-order valence-corrected chi connectivity index (χ2v) is 7.30. The third-order valence-corrected chi connectivity index (χ3v) is 5.33. The van der Waals surface area contributed by atoms with E-state index >= 15 is 0 Å². The molecule has 0 aliphatic carbocycles. The second-order valence-electron chi connectivity index (χ2n) is 6.08. The van der Waals surface area contributed by atoms with Gasteiger partial charge in [-0.25, -0.2) is 4.79 Å². The number of fused-ring (bicyclic) bond motifs is 1. The highest BCUT2D eigenvalue weighted by Crippen LogP contribution is 2.33. The predicted molar refractivity (Wildman–Crippen MR) is 107 cm³/mol. The fraction of sp³-hybridized carbons (Fsp3) is 0.238. The number of anilines is 1. The SMILES string of the molecule is CCOC(=O)c1c(NC(=O)C=CC2=Cc3ccccc3OC2)sc(C)c1C. The number of hydrogen-bond donors (Lipinski definition) is 1. The smallest absolute Gasteiger partial charge is 0.341 e. The minimum absolute atomic E-state index is 0.288. The van der Waals surface area contributed by atoms with Gasteiger partial charge in [0.2, 0.25) is 5.91 Å². The molecular formula is C21H21NO4S. The van der Waals surface area contributed by atoms with Crippen LogP contribution in [0.4, 0.5) is 5.00 Å². The molecule has 0 bridgehead atoms. The molecule has 2 aromatic rings. The standard InChI is InChI=1S/C21H21NO4S/c1-4-25-21(24)19-13(2)14(3)27-20(19)22-18(23)10-9-15-11-16-7-5-6-8-17(16)26-12-15/h5-11H,4,12H2,1-3H3,(H,22,23). The van der Waals surface area contributed by atoms with Gasteiger partial charge < -0.3 is 14.8 Å². The zero-order valence-electron chi connectivity index (χ0n) is 15.5. The van der Waals surface area contributed by atoms with Crippen LogP contribution in [0.2, 0.25) is 0 Å². The van der Waals surface area contributed by atoms with E-state index in [1.165, 1.54) is 17.4 Å². The molecular weight excluding hydrogens is 362 g/mol. The van der Waals surface area contributed by atoms with E-state index < -0.39 is 5.97 Å². The van der Waals surface area contributed by atoms with Crippen molar-refractivity contribution in [3.8, 4) is 5.75 Å². The molecule has 5 nitrogen and oxygen atoms in total. The summed E-state index contributed by atoms with van der Waals surface area (Å²) in [5, 5.41) is 3.31. The number of amides is 1. The van der Waals surface area contributed by atoms with Crippen molar-refractivity contribution in [3.63, 3.8) is 0 Å². The molecule has 0 unspecified atom stereocenters. The maximum Gasteiger partial charge on any atom is 0.341 e. The molecule has 0 saturated heterocycles. The molecule has 0 spiro atoms. The maximum atomic E-state index is 12.3. The Morgan fingerprint density at radius 2 is 2.07 bits per heavy atom. The Bertz CT molecular complexity index is 940. The van der Waals surface area contributed by atoms with Crippen molar-refractivity contribution in [1.29, 1.82) is 0 Å². The van der Waals surface area contributed by atoms with Crippen LogP contribution >= 0.6 is 11.3 Å². The highest BCUT2D eigenvalue weighted by Gasteiger charge is 2.21. The third kappa shape index (κ3) is 4.28. The van der Waals surface area contributed by atoms with Crippen molar-refractivity contribution < 1.29 is 19.1 Å². The van der Waals surface area contributed by atoms with E-state index in [4.69, 9.17) is 9.47 Å².